The van der Waals surface area contributed by atoms with E-state index in [0.717, 1.165) is 22.7 Å². The standard InChI is InChI=1S/C11H11NO2/c1-6-3-8-4-10-11(5-9(8)12-6)14-7(2)13-10/h3-5,7,12H,1-2H3. The number of aryl methyl sites for hydroxylation is 1. The average Bonchev–Trinajstić information content (AvgIpc) is 2.59. The highest BCUT2D eigenvalue weighted by Crippen LogP contribution is 2.38. The topological polar surface area (TPSA) is 34.2 Å². The van der Waals surface area contributed by atoms with Crippen molar-refractivity contribution in [2.24, 2.45) is 0 Å². The molecule has 1 N–H and O–H groups in total. The van der Waals surface area contributed by atoms with E-state index in [-0.39, 0.29) is 6.29 Å². The molecule has 0 bridgehead atoms. The lowest BCUT2D eigenvalue weighted by molar-refractivity contribution is 0.0679. The fourth-order valence-electron chi connectivity index (χ4n) is 1.85. The van der Waals surface area contributed by atoms with Crippen molar-refractivity contribution in [2.75, 3.05) is 0 Å². The summed E-state index contributed by atoms with van der Waals surface area (Å²) < 4.78 is 11.0. The van der Waals surface area contributed by atoms with Crippen molar-refractivity contribution in [1.29, 1.82) is 0 Å². The normalized spacial score (nSPS) is 19.1. The lowest BCUT2D eigenvalue weighted by atomic mass is 10.2. The van der Waals surface area contributed by atoms with Crippen LogP contribution in [0.15, 0.2) is 18.2 Å². The average molecular weight is 189 g/mol. The first-order valence-corrected chi connectivity index (χ1v) is 4.69. The minimum absolute atomic E-state index is 0.169. The molecule has 2 aromatic rings. The van der Waals surface area contributed by atoms with Crippen LogP contribution in [0.3, 0.4) is 0 Å². The smallest absolute Gasteiger partial charge is 0.238 e. The molecule has 3 nitrogen and oxygen atoms in total. The van der Waals surface area contributed by atoms with Gasteiger partial charge in [0.25, 0.3) is 0 Å². The Hall–Kier alpha value is -1.64. The van der Waals surface area contributed by atoms with Gasteiger partial charge >= 0.3 is 0 Å². The van der Waals surface area contributed by atoms with Crippen molar-refractivity contribution in [3.05, 3.63) is 23.9 Å². The minimum Gasteiger partial charge on any atom is -0.451 e. The molecule has 1 aromatic carbocycles. The molecule has 1 unspecified atom stereocenters. The van der Waals surface area contributed by atoms with Gasteiger partial charge in [-0.05, 0) is 19.1 Å². The molecule has 1 aliphatic heterocycles. The van der Waals surface area contributed by atoms with Crippen molar-refractivity contribution in [3.63, 3.8) is 0 Å². The van der Waals surface area contributed by atoms with Crippen LogP contribution >= 0.6 is 0 Å². The lowest BCUT2D eigenvalue weighted by Crippen LogP contribution is -2.11. The van der Waals surface area contributed by atoms with Crippen molar-refractivity contribution in [1.82, 2.24) is 4.98 Å². The molecule has 0 fully saturated rings. The van der Waals surface area contributed by atoms with Gasteiger partial charge < -0.3 is 14.5 Å². The molecule has 0 aliphatic carbocycles. The summed E-state index contributed by atoms with van der Waals surface area (Å²) in [6, 6.07) is 6.10. The summed E-state index contributed by atoms with van der Waals surface area (Å²) >= 11 is 0. The number of fused-ring (bicyclic) bond motifs is 2. The number of hydrogen-bond donors (Lipinski definition) is 1. The monoisotopic (exact) mass is 189 g/mol. The van der Waals surface area contributed by atoms with Crippen LogP contribution in [0.25, 0.3) is 10.9 Å². The van der Waals surface area contributed by atoms with E-state index in [0.29, 0.717) is 0 Å². The maximum atomic E-state index is 5.49. The van der Waals surface area contributed by atoms with Gasteiger partial charge in [0.2, 0.25) is 6.29 Å². The molecule has 1 aromatic heterocycles. The predicted octanol–water partition coefficient (Wildman–Crippen LogP) is 2.59. The number of aromatic amines is 1. The summed E-state index contributed by atoms with van der Waals surface area (Å²) in [5.74, 6) is 1.66. The van der Waals surface area contributed by atoms with Gasteiger partial charge in [-0.15, -0.1) is 0 Å². The Labute approximate surface area is 81.6 Å². The number of hydrogen-bond acceptors (Lipinski definition) is 2. The Morgan fingerprint density at radius 2 is 1.86 bits per heavy atom. The van der Waals surface area contributed by atoms with Crippen LogP contribution in [0, 0.1) is 6.92 Å². The lowest BCUT2D eigenvalue weighted by Gasteiger charge is -1.99. The van der Waals surface area contributed by atoms with E-state index < -0.39 is 0 Å². The van der Waals surface area contributed by atoms with Gasteiger partial charge in [0, 0.05) is 29.6 Å². The van der Waals surface area contributed by atoms with Crippen LogP contribution in [-0.2, 0) is 0 Å². The molecule has 0 saturated heterocycles. The first-order chi connectivity index (χ1) is 6.72. The summed E-state index contributed by atoms with van der Waals surface area (Å²) in [6.07, 6.45) is -0.169. The third-order valence-corrected chi connectivity index (χ3v) is 2.41. The Morgan fingerprint density at radius 1 is 1.14 bits per heavy atom. The molecule has 0 spiro atoms. The molecule has 3 heteroatoms. The third kappa shape index (κ3) is 0.985. The molecule has 1 aliphatic rings. The fraction of sp³-hybridized carbons (Fsp3) is 0.273. The van der Waals surface area contributed by atoms with E-state index in [1.807, 2.05) is 26.0 Å². The second-order valence-electron chi connectivity index (χ2n) is 3.64. The van der Waals surface area contributed by atoms with Crippen LogP contribution in [0.1, 0.15) is 12.6 Å². The molecule has 14 heavy (non-hydrogen) atoms. The molecule has 2 heterocycles. The first kappa shape index (κ1) is 7.74. The number of H-pyrrole nitrogens is 1. The number of benzene rings is 1. The quantitative estimate of drug-likeness (QED) is 0.691. The SMILES string of the molecule is Cc1cc2cc3c(cc2[nH]1)OC(C)O3. The predicted molar refractivity (Wildman–Crippen MR) is 53.8 cm³/mol. The number of aromatic nitrogens is 1. The van der Waals surface area contributed by atoms with E-state index in [9.17, 15) is 0 Å². The molecule has 72 valence electrons. The minimum atomic E-state index is -0.169. The van der Waals surface area contributed by atoms with Crippen molar-refractivity contribution >= 4 is 10.9 Å². The summed E-state index contributed by atoms with van der Waals surface area (Å²) in [7, 11) is 0. The zero-order chi connectivity index (χ0) is 9.71. The fourth-order valence-corrected chi connectivity index (χ4v) is 1.85. The van der Waals surface area contributed by atoms with Gasteiger partial charge in [-0.1, -0.05) is 0 Å². The first-order valence-electron chi connectivity index (χ1n) is 4.69. The van der Waals surface area contributed by atoms with E-state index in [1.165, 1.54) is 5.39 Å². The van der Waals surface area contributed by atoms with Gasteiger partial charge in [-0.2, -0.15) is 0 Å². The summed E-state index contributed by atoms with van der Waals surface area (Å²) in [4.78, 5) is 3.27. The van der Waals surface area contributed by atoms with E-state index in [2.05, 4.69) is 11.1 Å². The van der Waals surface area contributed by atoms with E-state index in [1.54, 1.807) is 0 Å². The highest BCUT2D eigenvalue weighted by molar-refractivity contribution is 5.84. The molecule has 0 radical (unpaired) electrons. The molecule has 1 atom stereocenters. The van der Waals surface area contributed by atoms with Crippen molar-refractivity contribution in [2.45, 2.75) is 20.1 Å². The Bertz CT molecular complexity index is 458. The number of nitrogens with one attached hydrogen (secondary N) is 1. The van der Waals surface area contributed by atoms with E-state index in [4.69, 9.17) is 9.47 Å². The molecular formula is C11H11NO2. The largest absolute Gasteiger partial charge is 0.451 e. The summed E-state index contributed by atoms with van der Waals surface area (Å²) in [5, 5.41) is 1.17. The second kappa shape index (κ2) is 2.44. The highest BCUT2D eigenvalue weighted by atomic mass is 16.7. The summed E-state index contributed by atoms with van der Waals surface area (Å²) in [6.45, 7) is 3.93. The van der Waals surface area contributed by atoms with Gasteiger partial charge in [0.05, 0.1) is 0 Å². The van der Waals surface area contributed by atoms with Crippen LogP contribution in [0.5, 0.6) is 11.5 Å². The Balaban J connectivity index is 2.25. The van der Waals surface area contributed by atoms with Gasteiger partial charge in [-0.25, -0.2) is 0 Å². The summed E-state index contributed by atoms with van der Waals surface area (Å²) in [5.41, 5.74) is 2.25. The van der Waals surface area contributed by atoms with E-state index >= 15 is 0 Å². The Kier molecular flexibility index (Phi) is 1.35. The maximum absolute atomic E-state index is 5.49. The Morgan fingerprint density at radius 3 is 2.64 bits per heavy atom. The van der Waals surface area contributed by atoms with Crippen molar-refractivity contribution in [3.8, 4) is 11.5 Å². The van der Waals surface area contributed by atoms with Crippen LogP contribution < -0.4 is 9.47 Å². The van der Waals surface area contributed by atoms with Gasteiger partial charge in [-0.3, -0.25) is 0 Å². The number of rotatable bonds is 0. The van der Waals surface area contributed by atoms with Crippen LogP contribution in [0.2, 0.25) is 0 Å². The second-order valence-corrected chi connectivity index (χ2v) is 3.64. The van der Waals surface area contributed by atoms with Gasteiger partial charge in [0.15, 0.2) is 11.5 Å². The maximum Gasteiger partial charge on any atom is 0.238 e. The van der Waals surface area contributed by atoms with Crippen LogP contribution in [-0.4, -0.2) is 11.3 Å². The van der Waals surface area contributed by atoms with Crippen LogP contribution in [0.4, 0.5) is 0 Å². The highest BCUT2D eigenvalue weighted by Gasteiger charge is 2.20. The molecular weight excluding hydrogens is 178 g/mol. The molecule has 0 saturated carbocycles. The third-order valence-electron chi connectivity index (χ3n) is 2.41. The number of ether oxygens (including phenoxy) is 2. The van der Waals surface area contributed by atoms with Gasteiger partial charge in [0.1, 0.15) is 0 Å². The molecule has 3 rings (SSSR count). The van der Waals surface area contributed by atoms with Crippen molar-refractivity contribution < 1.29 is 9.47 Å². The zero-order valence-electron chi connectivity index (χ0n) is 8.13. The zero-order valence-corrected chi connectivity index (χ0v) is 8.13. The molecule has 0 amide bonds.